The van der Waals surface area contributed by atoms with Gasteiger partial charge in [-0.1, -0.05) is 88.4 Å². The van der Waals surface area contributed by atoms with Crippen LogP contribution >= 0.6 is 0 Å². The highest BCUT2D eigenvalue weighted by Gasteiger charge is 2.62. The fourth-order valence-corrected chi connectivity index (χ4v) is 7.62. The van der Waals surface area contributed by atoms with Gasteiger partial charge in [0.2, 0.25) is 11.8 Å². The molecule has 252 valence electrons. The van der Waals surface area contributed by atoms with E-state index in [-0.39, 0.29) is 48.0 Å². The van der Waals surface area contributed by atoms with Gasteiger partial charge in [0.1, 0.15) is 17.8 Å². The van der Waals surface area contributed by atoms with Crippen LogP contribution in [0.5, 0.6) is 0 Å². The van der Waals surface area contributed by atoms with E-state index in [2.05, 4.69) is 53.6 Å². The second-order valence-electron chi connectivity index (χ2n) is 14.5. The molecule has 11 heteroatoms. The molecule has 2 bridgehead atoms. The summed E-state index contributed by atoms with van der Waals surface area (Å²) in [7, 11) is -0.563. The fourth-order valence-electron chi connectivity index (χ4n) is 7.62. The molecule has 3 amide bonds. The minimum atomic E-state index is -0.973. The molecule has 10 nitrogen and oxygen atoms in total. The Bertz CT molecular complexity index is 1560. The Hall–Kier alpha value is -4.09. The Morgan fingerprint density at radius 3 is 2.06 bits per heavy atom. The van der Waals surface area contributed by atoms with Crippen LogP contribution < -0.4 is 16.0 Å². The molecular formula is C37H46BN5O5. The van der Waals surface area contributed by atoms with Gasteiger partial charge in [0.25, 0.3) is 5.91 Å². The van der Waals surface area contributed by atoms with E-state index < -0.39 is 37.0 Å². The molecule has 3 aliphatic carbocycles. The second kappa shape index (κ2) is 14.6. The first kappa shape index (κ1) is 33.8. The number of nitrogens with zero attached hydrogens (tertiary/aromatic N) is 2. The highest BCUT2D eigenvalue weighted by molar-refractivity contribution is 6.47. The van der Waals surface area contributed by atoms with Crippen LogP contribution in [0.2, 0.25) is 0 Å². The molecule has 7 rings (SSSR count). The molecule has 2 heterocycles. The molecule has 1 aromatic heterocycles. The largest absolute Gasteiger partial charge is 0.481 e. The SMILES string of the molecule is CC(C)C[C@@H](NC(=O)[C@H](Cc1ccccc1)NC(=O)[C@H](Cc1ccccc1)NC(=O)c1cnccn1)B1O[C@@H]2[C@@H](C[C@H]3C[C@@H]2C3(C)C)O1. The number of rotatable bonds is 13. The molecule has 1 saturated heterocycles. The van der Waals surface area contributed by atoms with Crippen molar-refractivity contribution in [1.29, 1.82) is 0 Å². The quantitative estimate of drug-likeness (QED) is 0.239. The first-order valence-electron chi connectivity index (χ1n) is 17.1. The monoisotopic (exact) mass is 651 g/mol. The van der Waals surface area contributed by atoms with Crippen molar-refractivity contribution < 1.29 is 23.7 Å². The van der Waals surface area contributed by atoms with Gasteiger partial charge in [0.15, 0.2) is 0 Å². The van der Waals surface area contributed by atoms with Crippen molar-refractivity contribution in [2.24, 2.45) is 23.2 Å². The van der Waals surface area contributed by atoms with Crippen LogP contribution in [0, 0.1) is 23.2 Å². The summed E-state index contributed by atoms with van der Waals surface area (Å²) in [5.74, 6) is -0.382. The summed E-state index contributed by atoms with van der Waals surface area (Å²) in [6, 6.07) is 17.1. The van der Waals surface area contributed by atoms with Gasteiger partial charge in [-0.3, -0.25) is 19.4 Å². The molecule has 3 saturated carbocycles. The summed E-state index contributed by atoms with van der Waals surface area (Å²) < 4.78 is 13.1. The van der Waals surface area contributed by atoms with Crippen LogP contribution in [0.1, 0.15) is 68.6 Å². The standard InChI is InChI=1S/C37H46BN5O5/c1-23(2)17-32(38-47-31-21-26-20-27(33(31)48-38)37(26,3)4)43-35(45)29(19-25-13-9-6-10-14-25)41-34(44)28(18-24-11-7-5-8-12-24)42-36(46)30-22-39-15-16-40-30/h5-16,22-23,26-29,31-33H,17-21H2,1-4H3,(H,41,44)(H,42,46)(H,43,45)/t26-,27+,28+,29+,31-,32-,33+/m1/s1. The predicted octanol–water partition coefficient (Wildman–Crippen LogP) is 3.95. The molecule has 3 aromatic rings. The predicted molar refractivity (Wildman–Crippen MR) is 182 cm³/mol. The zero-order chi connectivity index (χ0) is 33.8. The lowest BCUT2D eigenvalue weighted by Gasteiger charge is -2.60. The number of hydrogen-bond acceptors (Lipinski definition) is 7. The van der Waals surface area contributed by atoms with E-state index in [9.17, 15) is 14.4 Å². The molecule has 3 N–H and O–H groups in total. The Labute approximate surface area is 283 Å². The topological polar surface area (TPSA) is 132 Å². The van der Waals surface area contributed by atoms with E-state index >= 15 is 0 Å². The first-order valence-corrected chi connectivity index (χ1v) is 17.1. The van der Waals surface area contributed by atoms with Gasteiger partial charge < -0.3 is 25.3 Å². The van der Waals surface area contributed by atoms with E-state index in [1.54, 1.807) is 0 Å². The molecule has 0 spiro atoms. The van der Waals surface area contributed by atoms with Crippen molar-refractivity contribution >= 4 is 24.8 Å². The lowest BCUT2D eigenvalue weighted by molar-refractivity contribution is -0.150. The fraction of sp³-hybridized carbons (Fsp3) is 0.486. The highest BCUT2D eigenvalue weighted by Crippen LogP contribution is 2.61. The van der Waals surface area contributed by atoms with Crippen LogP contribution in [-0.2, 0) is 31.7 Å². The summed E-state index contributed by atoms with van der Waals surface area (Å²) in [5.41, 5.74) is 2.08. The average molecular weight is 652 g/mol. The highest BCUT2D eigenvalue weighted by atomic mass is 16.7. The number of amides is 3. The number of aromatic nitrogens is 2. The molecule has 2 aromatic carbocycles. The summed E-state index contributed by atoms with van der Waals surface area (Å²) in [5, 5.41) is 9.02. The molecule has 7 atom stereocenters. The van der Waals surface area contributed by atoms with Gasteiger partial charge in [-0.25, -0.2) is 4.98 Å². The van der Waals surface area contributed by atoms with Crippen molar-refractivity contribution in [2.45, 2.75) is 90.0 Å². The van der Waals surface area contributed by atoms with E-state index in [4.69, 9.17) is 9.31 Å². The van der Waals surface area contributed by atoms with Gasteiger partial charge in [0.05, 0.1) is 24.3 Å². The molecule has 4 aliphatic rings. The smallest absolute Gasteiger partial charge is 0.404 e. The summed E-state index contributed by atoms with van der Waals surface area (Å²) in [6.45, 7) is 8.87. The number of hydrogen-bond donors (Lipinski definition) is 3. The van der Waals surface area contributed by atoms with Crippen molar-refractivity contribution in [3.63, 3.8) is 0 Å². The molecule has 1 aliphatic heterocycles. The van der Waals surface area contributed by atoms with Crippen LogP contribution in [0.15, 0.2) is 79.3 Å². The van der Waals surface area contributed by atoms with Gasteiger partial charge >= 0.3 is 7.12 Å². The van der Waals surface area contributed by atoms with Crippen LogP contribution in [-0.4, -0.2) is 65.0 Å². The van der Waals surface area contributed by atoms with Crippen molar-refractivity contribution in [3.05, 3.63) is 96.1 Å². The average Bonchev–Trinajstić information content (AvgIpc) is 3.53. The maximum Gasteiger partial charge on any atom is 0.481 e. The van der Waals surface area contributed by atoms with Crippen molar-refractivity contribution in [3.8, 4) is 0 Å². The number of benzene rings is 2. The maximum absolute atomic E-state index is 14.2. The van der Waals surface area contributed by atoms with Crippen LogP contribution in [0.25, 0.3) is 0 Å². The number of nitrogens with one attached hydrogen (secondary N) is 3. The third-order valence-corrected chi connectivity index (χ3v) is 10.4. The Kier molecular flexibility index (Phi) is 10.3. The molecular weight excluding hydrogens is 605 g/mol. The van der Waals surface area contributed by atoms with Gasteiger partial charge in [-0.15, -0.1) is 0 Å². The zero-order valence-corrected chi connectivity index (χ0v) is 28.2. The van der Waals surface area contributed by atoms with Gasteiger partial charge in [0, 0.05) is 25.2 Å². The molecule has 0 unspecified atom stereocenters. The molecule has 4 fully saturated rings. The Morgan fingerprint density at radius 2 is 1.48 bits per heavy atom. The van der Waals surface area contributed by atoms with Crippen LogP contribution in [0.4, 0.5) is 0 Å². The normalized spacial score (nSPS) is 24.1. The van der Waals surface area contributed by atoms with E-state index in [0.29, 0.717) is 18.3 Å². The van der Waals surface area contributed by atoms with Gasteiger partial charge in [-0.2, -0.15) is 0 Å². The number of carbonyl (C=O) groups is 3. The first-order chi connectivity index (χ1) is 23.1. The van der Waals surface area contributed by atoms with Crippen molar-refractivity contribution in [1.82, 2.24) is 25.9 Å². The summed E-state index contributed by atoms with van der Waals surface area (Å²) in [4.78, 5) is 49.4. The van der Waals surface area contributed by atoms with E-state index in [1.165, 1.54) is 18.6 Å². The maximum atomic E-state index is 14.2. The minimum Gasteiger partial charge on any atom is -0.404 e. The Balaban J connectivity index is 1.21. The zero-order valence-electron chi connectivity index (χ0n) is 28.2. The number of carbonyl (C=O) groups excluding carboxylic acids is 3. The lowest BCUT2D eigenvalue weighted by Crippen LogP contribution is -2.59. The van der Waals surface area contributed by atoms with Gasteiger partial charge in [-0.05, 0) is 53.6 Å². The van der Waals surface area contributed by atoms with Crippen LogP contribution in [0.3, 0.4) is 0 Å². The third-order valence-electron chi connectivity index (χ3n) is 10.4. The lowest BCUT2D eigenvalue weighted by atomic mass is 9.47. The summed E-state index contributed by atoms with van der Waals surface area (Å²) in [6.07, 6.45) is 7.59. The molecule has 48 heavy (non-hydrogen) atoms. The van der Waals surface area contributed by atoms with E-state index in [0.717, 1.165) is 24.0 Å². The Morgan fingerprint density at radius 1 is 0.854 bits per heavy atom. The van der Waals surface area contributed by atoms with E-state index in [1.807, 2.05) is 60.7 Å². The third kappa shape index (κ3) is 7.63. The second-order valence-corrected chi connectivity index (χ2v) is 14.5. The minimum absolute atomic E-state index is 0.0260. The van der Waals surface area contributed by atoms with Crippen molar-refractivity contribution in [2.75, 3.05) is 0 Å². The summed E-state index contributed by atoms with van der Waals surface area (Å²) >= 11 is 0. The molecule has 0 radical (unpaired) electrons.